The number of allylic oxidation sites excluding steroid dienone is 1. The van der Waals surface area contributed by atoms with Crippen LogP contribution in [0.1, 0.15) is 65.7 Å². The molecule has 122 valence electrons. The molecule has 0 heterocycles. The molecule has 0 aromatic heterocycles. The molecule has 4 aliphatic carbocycles. The third-order valence-electron chi connectivity index (χ3n) is 8.22. The fourth-order valence-corrected chi connectivity index (χ4v) is 7.55. The normalized spacial score (nSPS) is 53.1. The first-order chi connectivity index (χ1) is 10.2. The maximum atomic E-state index is 13.1. The van der Waals surface area contributed by atoms with Gasteiger partial charge in [-0.05, 0) is 66.8 Å². The first-order valence-electron chi connectivity index (χ1n) is 9.14. The number of fused-ring (bicyclic) bond motifs is 3. The summed E-state index contributed by atoms with van der Waals surface area (Å²) in [5.41, 5.74) is 0.991. The number of hydrogen-bond donors (Lipinski definition) is 1. The van der Waals surface area contributed by atoms with Crippen molar-refractivity contribution in [2.45, 2.75) is 71.8 Å². The van der Waals surface area contributed by atoms with Crippen LogP contribution < -0.4 is 0 Å². The number of carbonyl (C=O) groups excluding carboxylic acids is 1. The zero-order chi connectivity index (χ0) is 15.9. The Morgan fingerprint density at radius 2 is 1.91 bits per heavy atom. The summed E-state index contributed by atoms with van der Waals surface area (Å²) >= 11 is 0. The van der Waals surface area contributed by atoms with Gasteiger partial charge in [0.15, 0.2) is 5.78 Å². The van der Waals surface area contributed by atoms with E-state index in [0.717, 1.165) is 31.3 Å². The Morgan fingerprint density at radius 1 is 1.18 bits per heavy atom. The van der Waals surface area contributed by atoms with Crippen LogP contribution >= 0.6 is 0 Å². The van der Waals surface area contributed by atoms with Crippen molar-refractivity contribution in [3.63, 3.8) is 0 Å². The van der Waals surface area contributed by atoms with Crippen molar-refractivity contribution < 1.29 is 9.90 Å². The third kappa shape index (κ3) is 1.58. The van der Waals surface area contributed by atoms with E-state index < -0.39 is 0 Å². The standard InChI is InChI=1S/C20H30O2/c1-12-13-10-14(21)16-19(4)8-5-7-18(2,3)15(19)6-9-20(16,11-13)17(12)22/h13-16,21H,1,5-11H2,2-4H3/t13-,14-,15+,16-,19+,20-/m0/s1. The summed E-state index contributed by atoms with van der Waals surface area (Å²) < 4.78 is 0. The molecule has 22 heavy (non-hydrogen) atoms. The summed E-state index contributed by atoms with van der Waals surface area (Å²) in [5, 5.41) is 11.0. The van der Waals surface area contributed by atoms with Crippen molar-refractivity contribution >= 4 is 5.78 Å². The van der Waals surface area contributed by atoms with Crippen LogP contribution in [0.2, 0.25) is 0 Å². The molecule has 0 aromatic rings. The predicted molar refractivity (Wildman–Crippen MR) is 87.3 cm³/mol. The molecule has 4 saturated carbocycles. The maximum absolute atomic E-state index is 13.1. The second kappa shape index (κ2) is 4.26. The van der Waals surface area contributed by atoms with Crippen molar-refractivity contribution in [2.75, 3.05) is 0 Å². The minimum atomic E-state index is -0.316. The van der Waals surface area contributed by atoms with Gasteiger partial charge in [0.2, 0.25) is 0 Å². The maximum Gasteiger partial charge on any atom is 0.165 e. The van der Waals surface area contributed by atoms with Crippen molar-refractivity contribution in [3.8, 4) is 0 Å². The van der Waals surface area contributed by atoms with E-state index in [0.29, 0.717) is 17.1 Å². The minimum absolute atomic E-state index is 0.116. The summed E-state index contributed by atoms with van der Waals surface area (Å²) in [6.45, 7) is 11.3. The van der Waals surface area contributed by atoms with Crippen LogP contribution in [0.3, 0.4) is 0 Å². The molecule has 4 rings (SSSR count). The molecule has 0 saturated heterocycles. The molecular formula is C20H30O2. The Kier molecular flexibility index (Phi) is 2.89. The average Bonchev–Trinajstić information content (AvgIpc) is 2.59. The van der Waals surface area contributed by atoms with Gasteiger partial charge in [-0.3, -0.25) is 4.79 Å². The Bertz CT molecular complexity index is 548. The lowest BCUT2D eigenvalue weighted by Crippen LogP contribution is -2.61. The molecule has 0 aromatic carbocycles. The van der Waals surface area contributed by atoms with E-state index in [2.05, 4.69) is 27.4 Å². The highest BCUT2D eigenvalue weighted by Crippen LogP contribution is 2.70. The highest BCUT2D eigenvalue weighted by Gasteiger charge is 2.68. The van der Waals surface area contributed by atoms with Gasteiger partial charge >= 0.3 is 0 Å². The molecule has 0 amide bonds. The van der Waals surface area contributed by atoms with Gasteiger partial charge < -0.3 is 5.11 Å². The highest BCUT2D eigenvalue weighted by molar-refractivity contribution is 6.03. The molecule has 2 heteroatoms. The quantitative estimate of drug-likeness (QED) is 0.683. The number of hydrogen-bond acceptors (Lipinski definition) is 2. The van der Waals surface area contributed by atoms with Gasteiger partial charge in [-0.1, -0.05) is 33.8 Å². The lowest BCUT2D eigenvalue weighted by molar-refractivity contribution is -0.187. The zero-order valence-corrected chi connectivity index (χ0v) is 14.3. The lowest BCUT2D eigenvalue weighted by atomic mass is 9.40. The summed E-state index contributed by atoms with van der Waals surface area (Å²) in [6, 6.07) is 0. The van der Waals surface area contributed by atoms with Crippen LogP contribution in [-0.4, -0.2) is 17.0 Å². The molecule has 4 aliphatic rings. The molecule has 1 spiro atoms. The zero-order valence-electron chi connectivity index (χ0n) is 14.3. The second-order valence-electron chi connectivity index (χ2n) is 9.63. The van der Waals surface area contributed by atoms with Crippen LogP contribution in [0.25, 0.3) is 0 Å². The molecule has 0 unspecified atom stereocenters. The molecule has 2 nitrogen and oxygen atoms in total. The van der Waals surface area contributed by atoms with Crippen molar-refractivity contribution in [1.82, 2.24) is 0 Å². The van der Waals surface area contributed by atoms with Gasteiger partial charge in [-0.25, -0.2) is 0 Å². The first kappa shape index (κ1) is 14.9. The molecule has 0 aliphatic heterocycles. The van der Waals surface area contributed by atoms with E-state index in [1.165, 1.54) is 19.3 Å². The monoisotopic (exact) mass is 302 g/mol. The number of aliphatic hydroxyl groups is 1. The lowest BCUT2D eigenvalue weighted by Gasteiger charge is -2.64. The number of Topliss-reactive ketones (excluding diaryl/α,β-unsaturated/α-hetero) is 1. The highest BCUT2D eigenvalue weighted by atomic mass is 16.3. The summed E-state index contributed by atoms with van der Waals surface area (Å²) in [7, 11) is 0. The largest absolute Gasteiger partial charge is 0.393 e. The SMILES string of the molecule is C=C1C(=O)[C@]23CC[C@@H]4C(C)(C)CCC[C@@]4(C)[C@@H]2[C@@H](O)C[C@H]1C3. The number of rotatable bonds is 0. The Balaban J connectivity index is 1.83. The topological polar surface area (TPSA) is 37.3 Å². The van der Waals surface area contributed by atoms with E-state index >= 15 is 0 Å². The van der Waals surface area contributed by atoms with Crippen LogP contribution in [0.5, 0.6) is 0 Å². The molecule has 2 bridgehead atoms. The molecular weight excluding hydrogens is 272 g/mol. The van der Waals surface area contributed by atoms with Crippen molar-refractivity contribution in [2.24, 2.45) is 34.0 Å². The van der Waals surface area contributed by atoms with Gasteiger partial charge in [0.25, 0.3) is 0 Å². The Morgan fingerprint density at radius 3 is 2.64 bits per heavy atom. The van der Waals surface area contributed by atoms with E-state index in [9.17, 15) is 9.90 Å². The Labute approximate surface area is 134 Å². The van der Waals surface area contributed by atoms with Crippen LogP contribution in [0, 0.1) is 34.0 Å². The molecule has 4 fully saturated rings. The van der Waals surface area contributed by atoms with E-state index in [-0.39, 0.29) is 28.8 Å². The van der Waals surface area contributed by atoms with Gasteiger partial charge in [0.1, 0.15) is 0 Å². The minimum Gasteiger partial charge on any atom is -0.393 e. The number of ketones is 1. The van der Waals surface area contributed by atoms with Gasteiger partial charge in [-0.2, -0.15) is 0 Å². The fraction of sp³-hybridized carbons (Fsp3) is 0.850. The number of aliphatic hydroxyl groups excluding tert-OH is 1. The first-order valence-corrected chi connectivity index (χ1v) is 9.14. The van der Waals surface area contributed by atoms with Crippen LogP contribution in [-0.2, 0) is 4.79 Å². The summed E-state index contributed by atoms with van der Waals surface area (Å²) in [6.07, 6.45) is 7.24. The molecule has 6 atom stereocenters. The second-order valence-corrected chi connectivity index (χ2v) is 9.63. The summed E-state index contributed by atoms with van der Waals surface area (Å²) in [4.78, 5) is 13.1. The summed E-state index contributed by atoms with van der Waals surface area (Å²) in [5.74, 6) is 1.34. The van der Waals surface area contributed by atoms with E-state index in [1.807, 2.05) is 0 Å². The van der Waals surface area contributed by atoms with Gasteiger partial charge in [-0.15, -0.1) is 0 Å². The number of carbonyl (C=O) groups is 1. The van der Waals surface area contributed by atoms with Crippen LogP contribution in [0.4, 0.5) is 0 Å². The molecule has 1 N–H and O–H groups in total. The van der Waals surface area contributed by atoms with E-state index in [1.54, 1.807) is 0 Å². The van der Waals surface area contributed by atoms with Gasteiger partial charge in [0, 0.05) is 11.3 Å². The smallest absolute Gasteiger partial charge is 0.165 e. The third-order valence-corrected chi connectivity index (χ3v) is 8.22. The van der Waals surface area contributed by atoms with Crippen molar-refractivity contribution in [1.29, 1.82) is 0 Å². The average molecular weight is 302 g/mol. The van der Waals surface area contributed by atoms with Crippen molar-refractivity contribution in [3.05, 3.63) is 12.2 Å². The van der Waals surface area contributed by atoms with Gasteiger partial charge in [0.05, 0.1) is 6.10 Å². The van der Waals surface area contributed by atoms with Crippen LogP contribution in [0.15, 0.2) is 12.2 Å². The fourth-order valence-electron chi connectivity index (χ4n) is 7.55. The predicted octanol–water partition coefficient (Wildman–Crippen LogP) is 4.13. The van der Waals surface area contributed by atoms with E-state index in [4.69, 9.17) is 0 Å². The molecule has 0 radical (unpaired) electrons. The Hall–Kier alpha value is -0.630.